The molecular weight excluding hydrogens is 394 g/mol. The number of sulfonamides is 1. The van der Waals surface area contributed by atoms with Crippen LogP contribution in [-0.4, -0.2) is 39.9 Å². The molecule has 0 fully saturated rings. The Kier molecular flexibility index (Phi) is 7.92. The highest BCUT2D eigenvalue weighted by Gasteiger charge is 2.16. The van der Waals surface area contributed by atoms with E-state index in [-0.39, 0.29) is 30.3 Å². The third kappa shape index (κ3) is 6.69. The molecule has 2 rings (SSSR count). The molecule has 0 atom stereocenters. The van der Waals surface area contributed by atoms with E-state index in [1.165, 1.54) is 12.1 Å². The van der Waals surface area contributed by atoms with Crippen molar-refractivity contribution in [1.82, 2.24) is 4.72 Å². The van der Waals surface area contributed by atoms with Crippen LogP contribution in [0.3, 0.4) is 0 Å². The van der Waals surface area contributed by atoms with Crippen molar-refractivity contribution in [2.45, 2.75) is 32.1 Å². The van der Waals surface area contributed by atoms with Gasteiger partial charge in [0.1, 0.15) is 5.75 Å². The second kappa shape index (κ2) is 10.2. The Bertz CT molecular complexity index is 967. The average molecular weight is 419 g/mol. The van der Waals surface area contributed by atoms with Gasteiger partial charge in [-0.3, -0.25) is 9.59 Å². The number of esters is 1. The van der Waals surface area contributed by atoms with Crippen molar-refractivity contribution in [3.63, 3.8) is 0 Å². The van der Waals surface area contributed by atoms with Crippen LogP contribution in [0.25, 0.3) is 0 Å². The third-order valence-electron chi connectivity index (χ3n) is 4.12. The van der Waals surface area contributed by atoms with Crippen molar-refractivity contribution in [3.05, 3.63) is 59.2 Å². The topological polar surface area (TPSA) is 98.8 Å². The molecule has 0 radical (unpaired) electrons. The molecule has 0 aliphatic carbocycles. The van der Waals surface area contributed by atoms with E-state index in [1.54, 1.807) is 18.2 Å². The molecule has 1 N–H and O–H groups in total. The summed E-state index contributed by atoms with van der Waals surface area (Å²) in [4.78, 5) is 24.1. The molecular formula is C21H25NO6S. The second-order valence-corrected chi connectivity index (χ2v) is 8.22. The number of ether oxygens (including phenoxy) is 2. The monoisotopic (exact) mass is 419 g/mol. The van der Waals surface area contributed by atoms with Crippen molar-refractivity contribution in [2.24, 2.45) is 0 Å². The molecule has 8 heteroatoms. The number of hydrogen-bond acceptors (Lipinski definition) is 6. The van der Waals surface area contributed by atoms with Crippen molar-refractivity contribution in [2.75, 3.05) is 19.8 Å². The highest BCUT2D eigenvalue weighted by atomic mass is 32.2. The highest BCUT2D eigenvalue weighted by molar-refractivity contribution is 7.89. The van der Waals surface area contributed by atoms with Crippen molar-refractivity contribution >= 4 is 21.8 Å². The molecule has 0 aliphatic rings. The summed E-state index contributed by atoms with van der Waals surface area (Å²) in [5, 5.41) is 0. The Balaban J connectivity index is 1.81. The lowest BCUT2D eigenvalue weighted by Gasteiger charge is -2.09. The lowest BCUT2D eigenvalue weighted by Crippen LogP contribution is -2.27. The first-order valence-electron chi connectivity index (χ1n) is 9.21. The molecule has 0 spiro atoms. The van der Waals surface area contributed by atoms with E-state index in [4.69, 9.17) is 9.47 Å². The normalized spacial score (nSPS) is 11.1. The Morgan fingerprint density at radius 3 is 2.38 bits per heavy atom. The molecule has 0 amide bonds. The fourth-order valence-electron chi connectivity index (χ4n) is 2.58. The summed E-state index contributed by atoms with van der Waals surface area (Å²) in [5.41, 5.74) is 2.25. The number of ketones is 1. The maximum absolute atomic E-state index is 12.2. The zero-order valence-corrected chi connectivity index (χ0v) is 17.5. The van der Waals surface area contributed by atoms with Gasteiger partial charge < -0.3 is 9.47 Å². The van der Waals surface area contributed by atoms with Crippen LogP contribution >= 0.6 is 0 Å². The number of carbonyl (C=O) groups is 2. The highest BCUT2D eigenvalue weighted by Crippen LogP contribution is 2.16. The van der Waals surface area contributed by atoms with Crippen molar-refractivity contribution < 1.29 is 27.5 Å². The predicted octanol–water partition coefficient (Wildman–Crippen LogP) is 2.80. The quantitative estimate of drug-likeness (QED) is 0.470. The largest absolute Gasteiger partial charge is 0.494 e. The molecule has 0 aliphatic heterocycles. The summed E-state index contributed by atoms with van der Waals surface area (Å²) >= 11 is 0. The van der Waals surface area contributed by atoms with Crippen molar-refractivity contribution in [3.8, 4) is 5.75 Å². The number of nitrogens with one attached hydrogen (secondary N) is 1. The Labute approximate surface area is 171 Å². The Hall–Kier alpha value is -2.71. The van der Waals surface area contributed by atoms with E-state index in [0.717, 1.165) is 11.1 Å². The van der Waals surface area contributed by atoms with Crippen LogP contribution in [0.15, 0.2) is 47.4 Å². The van der Waals surface area contributed by atoms with Gasteiger partial charge >= 0.3 is 5.97 Å². The van der Waals surface area contributed by atoms with Crippen LogP contribution in [0.1, 0.15) is 34.8 Å². The molecule has 2 aromatic rings. The van der Waals surface area contributed by atoms with Crippen LogP contribution in [0.2, 0.25) is 0 Å². The van der Waals surface area contributed by atoms with Gasteiger partial charge in [0.05, 0.1) is 17.9 Å². The van der Waals surface area contributed by atoms with Crippen LogP contribution in [-0.2, 0) is 19.6 Å². The molecule has 0 heterocycles. The molecule has 0 saturated carbocycles. The number of benzene rings is 2. The smallest absolute Gasteiger partial charge is 0.307 e. The van der Waals surface area contributed by atoms with Gasteiger partial charge in [-0.1, -0.05) is 17.7 Å². The van der Waals surface area contributed by atoms with E-state index in [0.29, 0.717) is 17.9 Å². The molecule has 0 saturated heterocycles. The number of hydrogen-bond donors (Lipinski definition) is 1. The SMILES string of the molecule is CCOc1ccc(S(=O)(=O)NCCC(=O)OCC(=O)c2cc(C)ccc2C)cc1. The van der Waals surface area contributed by atoms with E-state index in [9.17, 15) is 18.0 Å². The standard InChI is InChI=1S/C21H25NO6S/c1-4-27-17-7-9-18(10-8-17)29(25,26)22-12-11-21(24)28-14-20(23)19-13-15(2)5-6-16(19)3/h5-10,13,22H,4,11-12,14H2,1-3H3. The minimum absolute atomic E-state index is 0.0689. The summed E-state index contributed by atoms with van der Waals surface area (Å²) in [7, 11) is -3.75. The maximum atomic E-state index is 12.2. The predicted molar refractivity (Wildman–Crippen MR) is 109 cm³/mol. The molecule has 0 bridgehead atoms. The maximum Gasteiger partial charge on any atom is 0.307 e. The minimum atomic E-state index is -3.75. The van der Waals surface area contributed by atoms with Crippen molar-refractivity contribution in [1.29, 1.82) is 0 Å². The summed E-state index contributed by atoms with van der Waals surface area (Å²) in [5.74, 6) is -0.379. The molecule has 156 valence electrons. The van der Waals surface area contributed by atoms with Gasteiger partial charge in [0.2, 0.25) is 15.8 Å². The van der Waals surface area contributed by atoms with Crippen LogP contribution < -0.4 is 9.46 Å². The van der Waals surface area contributed by atoms with E-state index >= 15 is 0 Å². The van der Waals surface area contributed by atoms with Gasteiger partial charge in [-0.25, -0.2) is 13.1 Å². The molecule has 2 aromatic carbocycles. The minimum Gasteiger partial charge on any atom is -0.494 e. The number of carbonyl (C=O) groups excluding carboxylic acids is 2. The third-order valence-corrected chi connectivity index (χ3v) is 5.60. The fraction of sp³-hybridized carbons (Fsp3) is 0.333. The van der Waals surface area contributed by atoms with Gasteiger partial charge in [-0.15, -0.1) is 0 Å². The lowest BCUT2D eigenvalue weighted by molar-refractivity contribution is -0.142. The van der Waals surface area contributed by atoms with E-state index in [2.05, 4.69) is 4.72 Å². The first-order chi connectivity index (χ1) is 13.7. The zero-order chi connectivity index (χ0) is 21.4. The van der Waals surface area contributed by atoms with Crippen LogP contribution in [0, 0.1) is 13.8 Å². The Morgan fingerprint density at radius 1 is 1.03 bits per heavy atom. The fourth-order valence-corrected chi connectivity index (χ4v) is 3.62. The molecule has 0 aromatic heterocycles. The summed E-state index contributed by atoms with van der Waals surface area (Å²) in [6, 6.07) is 11.4. The summed E-state index contributed by atoms with van der Waals surface area (Å²) < 4.78 is 37.1. The van der Waals surface area contributed by atoms with Gasteiger partial charge in [0.25, 0.3) is 0 Å². The number of Topliss-reactive ketones (excluding diaryl/α,β-unsaturated/α-hetero) is 1. The van der Waals surface area contributed by atoms with Gasteiger partial charge in [-0.2, -0.15) is 0 Å². The summed E-state index contributed by atoms with van der Waals surface area (Å²) in [6.07, 6.45) is -0.184. The van der Waals surface area contributed by atoms with Gasteiger partial charge in [0, 0.05) is 12.1 Å². The second-order valence-electron chi connectivity index (χ2n) is 6.45. The number of aryl methyl sites for hydroxylation is 2. The molecule has 29 heavy (non-hydrogen) atoms. The van der Waals surface area contributed by atoms with Gasteiger partial charge in [-0.05, 0) is 56.7 Å². The summed E-state index contributed by atoms with van der Waals surface area (Å²) in [6.45, 7) is 5.49. The first-order valence-corrected chi connectivity index (χ1v) is 10.7. The van der Waals surface area contributed by atoms with Gasteiger partial charge in [0.15, 0.2) is 6.61 Å². The Morgan fingerprint density at radius 2 is 1.72 bits per heavy atom. The molecule has 7 nitrogen and oxygen atoms in total. The zero-order valence-electron chi connectivity index (χ0n) is 16.7. The van der Waals surface area contributed by atoms with Crippen LogP contribution in [0.5, 0.6) is 5.75 Å². The molecule has 0 unspecified atom stereocenters. The average Bonchev–Trinajstić information content (AvgIpc) is 2.68. The van der Waals surface area contributed by atoms with E-state index in [1.807, 2.05) is 32.9 Å². The lowest BCUT2D eigenvalue weighted by atomic mass is 10.0. The van der Waals surface area contributed by atoms with Crippen LogP contribution in [0.4, 0.5) is 0 Å². The van der Waals surface area contributed by atoms with E-state index < -0.39 is 16.0 Å². The first kappa shape index (κ1) is 22.6. The number of rotatable bonds is 10.